The van der Waals surface area contributed by atoms with E-state index in [9.17, 15) is 4.79 Å². The summed E-state index contributed by atoms with van der Waals surface area (Å²) < 4.78 is 0. The molecule has 1 amide bonds. The molecule has 0 aliphatic carbocycles. The van der Waals surface area contributed by atoms with Gasteiger partial charge in [-0.3, -0.25) is 4.79 Å². The molecule has 4 nitrogen and oxygen atoms in total. The van der Waals surface area contributed by atoms with Crippen LogP contribution in [0.15, 0.2) is 17.5 Å². The number of thiazole rings is 1. The summed E-state index contributed by atoms with van der Waals surface area (Å²) in [6, 6.07) is 4.65. The van der Waals surface area contributed by atoms with E-state index in [0.717, 1.165) is 54.5 Å². The summed E-state index contributed by atoms with van der Waals surface area (Å²) in [5.74, 6) is 0.171. The highest BCUT2D eigenvalue weighted by Gasteiger charge is 2.29. The highest BCUT2D eigenvalue weighted by Crippen LogP contribution is 2.29. The Hall–Kier alpha value is -1.40. The van der Waals surface area contributed by atoms with Gasteiger partial charge in [0.2, 0.25) is 0 Å². The van der Waals surface area contributed by atoms with Crippen LogP contribution in [0.2, 0.25) is 0 Å². The molecule has 2 aromatic rings. The van der Waals surface area contributed by atoms with Crippen molar-refractivity contribution in [3.63, 3.8) is 0 Å². The second kappa shape index (κ2) is 8.12. The number of aryl methyl sites for hydroxylation is 2. The van der Waals surface area contributed by atoms with Gasteiger partial charge in [-0.25, -0.2) is 4.98 Å². The molecule has 1 unspecified atom stereocenters. The van der Waals surface area contributed by atoms with Gasteiger partial charge in [0.25, 0.3) is 5.91 Å². The van der Waals surface area contributed by atoms with Crippen molar-refractivity contribution in [2.75, 3.05) is 18.4 Å². The summed E-state index contributed by atoms with van der Waals surface area (Å²) in [5.41, 5.74) is 0.850. The van der Waals surface area contributed by atoms with E-state index in [4.69, 9.17) is 0 Å². The number of hydrogen-bond acceptors (Lipinski definition) is 5. The van der Waals surface area contributed by atoms with Crippen LogP contribution >= 0.6 is 22.7 Å². The zero-order valence-corrected chi connectivity index (χ0v) is 16.0. The maximum absolute atomic E-state index is 13.1. The van der Waals surface area contributed by atoms with Gasteiger partial charge < -0.3 is 10.2 Å². The van der Waals surface area contributed by atoms with Crippen molar-refractivity contribution >= 4 is 33.7 Å². The van der Waals surface area contributed by atoms with Gasteiger partial charge >= 0.3 is 0 Å². The molecule has 1 aliphatic rings. The lowest BCUT2D eigenvalue weighted by molar-refractivity contribution is 0.0606. The Morgan fingerprint density at radius 1 is 1.46 bits per heavy atom. The van der Waals surface area contributed by atoms with Gasteiger partial charge in [0, 0.05) is 24.0 Å². The fourth-order valence-corrected chi connectivity index (χ4v) is 5.00. The molecule has 2 aromatic heterocycles. The van der Waals surface area contributed by atoms with Gasteiger partial charge in [-0.1, -0.05) is 17.4 Å². The van der Waals surface area contributed by atoms with Crippen molar-refractivity contribution in [2.24, 2.45) is 0 Å². The van der Waals surface area contributed by atoms with Crippen molar-refractivity contribution < 1.29 is 4.79 Å². The minimum absolute atomic E-state index is 0.171. The standard InChI is InChI=1S/C18H25N3OS2/c1-3-19-18-20-13(2)16(24-18)17(22)21-11-5-4-7-14(21)9-10-15-8-6-12-23-15/h6,8,12,14H,3-5,7,9-11H2,1-2H3,(H,19,20). The first-order valence-corrected chi connectivity index (χ1v) is 10.4. The Labute approximate surface area is 151 Å². The van der Waals surface area contributed by atoms with E-state index in [1.165, 1.54) is 22.6 Å². The number of aromatic nitrogens is 1. The molecule has 6 heteroatoms. The number of hydrogen-bond donors (Lipinski definition) is 1. The predicted octanol–water partition coefficient (Wildman–Crippen LogP) is 4.57. The van der Waals surface area contributed by atoms with Gasteiger partial charge in [-0.15, -0.1) is 11.3 Å². The Morgan fingerprint density at radius 3 is 3.08 bits per heavy atom. The minimum atomic E-state index is 0.171. The third-order valence-corrected chi connectivity index (χ3v) is 6.55. The highest BCUT2D eigenvalue weighted by atomic mass is 32.1. The molecule has 1 aliphatic heterocycles. The molecular formula is C18H25N3OS2. The molecule has 1 saturated heterocycles. The summed E-state index contributed by atoms with van der Waals surface area (Å²) in [7, 11) is 0. The van der Waals surface area contributed by atoms with Gasteiger partial charge in [-0.05, 0) is 57.4 Å². The van der Waals surface area contributed by atoms with Gasteiger partial charge in [-0.2, -0.15) is 0 Å². The summed E-state index contributed by atoms with van der Waals surface area (Å²) >= 11 is 3.30. The number of amides is 1. The smallest absolute Gasteiger partial charge is 0.266 e. The van der Waals surface area contributed by atoms with Gasteiger partial charge in [0.1, 0.15) is 4.88 Å². The molecule has 0 radical (unpaired) electrons. The minimum Gasteiger partial charge on any atom is -0.362 e. The second-order valence-corrected chi connectivity index (χ2v) is 8.26. The topological polar surface area (TPSA) is 45.2 Å². The lowest BCUT2D eigenvalue weighted by atomic mass is 9.97. The monoisotopic (exact) mass is 363 g/mol. The average molecular weight is 364 g/mol. The zero-order chi connectivity index (χ0) is 16.9. The molecule has 0 aromatic carbocycles. The number of carbonyl (C=O) groups excluding carboxylic acids is 1. The number of likely N-dealkylation sites (tertiary alicyclic amines) is 1. The molecule has 1 atom stereocenters. The van der Waals surface area contributed by atoms with E-state index in [1.54, 1.807) is 0 Å². The van der Waals surface area contributed by atoms with Crippen LogP contribution in [0.1, 0.15) is 52.8 Å². The number of carbonyl (C=O) groups is 1. The van der Waals surface area contributed by atoms with Crippen molar-refractivity contribution in [1.82, 2.24) is 9.88 Å². The molecule has 1 fully saturated rings. The first kappa shape index (κ1) is 17.4. The van der Waals surface area contributed by atoms with Crippen LogP contribution in [0.25, 0.3) is 0 Å². The Kier molecular flexibility index (Phi) is 5.89. The van der Waals surface area contributed by atoms with Crippen molar-refractivity contribution in [3.8, 4) is 0 Å². The third kappa shape index (κ3) is 3.98. The summed E-state index contributed by atoms with van der Waals surface area (Å²) in [6.45, 7) is 5.69. The van der Waals surface area contributed by atoms with E-state index < -0.39 is 0 Å². The first-order valence-electron chi connectivity index (χ1n) is 8.73. The zero-order valence-electron chi connectivity index (χ0n) is 14.4. The molecule has 3 rings (SSSR count). The van der Waals surface area contributed by atoms with Crippen molar-refractivity contribution in [2.45, 2.75) is 52.0 Å². The average Bonchev–Trinajstić information content (AvgIpc) is 3.22. The Bertz CT molecular complexity index is 666. The van der Waals surface area contributed by atoms with Crippen LogP contribution in [0.4, 0.5) is 5.13 Å². The van der Waals surface area contributed by atoms with Gasteiger partial charge in [0.05, 0.1) is 5.69 Å². The first-order chi connectivity index (χ1) is 11.7. The number of rotatable bonds is 6. The number of anilines is 1. The third-order valence-electron chi connectivity index (χ3n) is 4.51. The van der Waals surface area contributed by atoms with Crippen LogP contribution in [0.3, 0.4) is 0 Å². The lowest BCUT2D eigenvalue weighted by Gasteiger charge is -2.35. The van der Waals surface area contributed by atoms with Crippen LogP contribution in [-0.4, -0.2) is 34.9 Å². The Morgan fingerprint density at radius 2 is 2.33 bits per heavy atom. The summed E-state index contributed by atoms with van der Waals surface area (Å²) in [4.78, 5) is 21.9. The fraction of sp³-hybridized carbons (Fsp3) is 0.556. The molecule has 24 heavy (non-hydrogen) atoms. The van der Waals surface area contributed by atoms with Gasteiger partial charge in [0.15, 0.2) is 5.13 Å². The second-order valence-electron chi connectivity index (χ2n) is 6.23. The molecule has 1 N–H and O–H groups in total. The molecule has 0 bridgehead atoms. The van der Waals surface area contributed by atoms with Crippen molar-refractivity contribution in [3.05, 3.63) is 33.0 Å². The summed E-state index contributed by atoms with van der Waals surface area (Å²) in [5, 5.41) is 6.20. The van der Waals surface area contributed by atoms with E-state index in [0.29, 0.717) is 6.04 Å². The van der Waals surface area contributed by atoms with E-state index >= 15 is 0 Å². The maximum Gasteiger partial charge on any atom is 0.266 e. The predicted molar refractivity (Wildman–Crippen MR) is 102 cm³/mol. The highest BCUT2D eigenvalue weighted by molar-refractivity contribution is 7.17. The molecule has 3 heterocycles. The van der Waals surface area contributed by atoms with Crippen LogP contribution < -0.4 is 5.32 Å². The quantitative estimate of drug-likeness (QED) is 0.817. The SMILES string of the molecule is CCNc1nc(C)c(C(=O)N2CCCCC2CCc2cccs2)s1. The maximum atomic E-state index is 13.1. The molecule has 0 saturated carbocycles. The van der Waals surface area contributed by atoms with Crippen molar-refractivity contribution in [1.29, 1.82) is 0 Å². The summed E-state index contributed by atoms with van der Waals surface area (Å²) in [6.07, 6.45) is 5.58. The van der Waals surface area contributed by atoms with Crippen LogP contribution in [0, 0.1) is 6.92 Å². The number of piperidine rings is 1. The fourth-order valence-electron chi connectivity index (χ4n) is 3.28. The van der Waals surface area contributed by atoms with E-state index in [1.807, 2.05) is 25.2 Å². The number of thiophene rings is 1. The van der Waals surface area contributed by atoms with E-state index in [-0.39, 0.29) is 5.91 Å². The lowest BCUT2D eigenvalue weighted by Crippen LogP contribution is -2.43. The number of nitrogens with zero attached hydrogens (tertiary/aromatic N) is 2. The number of nitrogens with one attached hydrogen (secondary N) is 1. The molecule has 130 valence electrons. The normalized spacial score (nSPS) is 17.9. The van der Waals surface area contributed by atoms with Crippen LogP contribution in [-0.2, 0) is 6.42 Å². The largest absolute Gasteiger partial charge is 0.362 e. The molecule has 0 spiro atoms. The van der Waals surface area contributed by atoms with Crippen LogP contribution in [0.5, 0.6) is 0 Å². The molecular weight excluding hydrogens is 338 g/mol. The van der Waals surface area contributed by atoms with E-state index in [2.05, 4.69) is 32.7 Å². The Balaban J connectivity index is 1.70.